The van der Waals surface area contributed by atoms with Crippen LogP contribution in [0.5, 0.6) is 0 Å². The Balaban J connectivity index is 1.99. The first-order chi connectivity index (χ1) is 8.18. The molecular formula is C13H12BrNO2. The average Bonchev–Trinajstić information content (AvgIpc) is 2.49. The van der Waals surface area contributed by atoms with Crippen LogP contribution in [0, 0.1) is 5.92 Å². The van der Waals surface area contributed by atoms with Crippen LogP contribution < -0.4 is 4.90 Å². The molecule has 1 amide bonds. The zero-order valence-electron chi connectivity index (χ0n) is 9.28. The summed E-state index contributed by atoms with van der Waals surface area (Å²) in [4.78, 5) is 25.4. The van der Waals surface area contributed by atoms with Crippen molar-refractivity contribution in [3.63, 3.8) is 0 Å². The standard InChI is InChI=1S/C13H12BrNO2/c14-10-6-2-5-9-11(10)15(13(17)12(9)16)7-8-3-1-4-8/h2,5-6,8H,1,3-4,7H2. The highest BCUT2D eigenvalue weighted by Crippen LogP contribution is 2.38. The topological polar surface area (TPSA) is 37.4 Å². The monoisotopic (exact) mass is 293 g/mol. The van der Waals surface area contributed by atoms with Gasteiger partial charge in [0, 0.05) is 11.0 Å². The van der Waals surface area contributed by atoms with Crippen LogP contribution in [0.4, 0.5) is 5.69 Å². The minimum absolute atomic E-state index is 0.374. The Morgan fingerprint density at radius 2 is 2.06 bits per heavy atom. The second-order valence-corrected chi connectivity index (χ2v) is 5.53. The van der Waals surface area contributed by atoms with Crippen LogP contribution in [0.15, 0.2) is 22.7 Å². The second-order valence-electron chi connectivity index (χ2n) is 4.68. The molecule has 4 heteroatoms. The summed E-state index contributed by atoms with van der Waals surface area (Å²) < 4.78 is 0.827. The van der Waals surface area contributed by atoms with Gasteiger partial charge in [0.05, 0.1) is 11.3 Å². The van der Waals surface area contributed by atoms with E-state index in [2.05, 4.69) is 15.9 Å². The van der Waals surface area contributed by atoms with Gasteiger partial charge < -0.3 is 4.90 Å². The fraction of sp³-hybridized carbons (Fsp3) is 0.385. The molecule has 1 aliphatic heterocycles. The van der Waals surface area contributed by atoms with Crippen LogP contribution >= 0.6 is 15.9 Å². The minimum atomic E-state index is -0.376. The van der Waals surface area contributed by atoms with Gasteiger partial charge in [0.15, 0.2) is 0 Å². The number of para-hydroxylation sites is 1. The average molecular weight is 294 g/mol. The predicted octanol–water partition coefficient (Wildman–Crippen LogP) is 2.78. The van der Waals surface area contributed by atoms with Crippen LogP contribution in [0.25, 0.3) is 0 Å². The van der Waals surface area contributed by atoms with Gasteiger partial charge in [-0.05, 0) is 46.8 Å². The van der Waals surface area contributed by atoms with E-state index in [-0.39, 0.29) is 11.7 Å². The van der Waals surface area contributed by atoms with Gasteiger partial charge in [-0.25, -0.2) is 0 Å². The Kier molecular flexibility index (Phi) is 2.54. The molecule has 1 heterocycles. The number of hydrogen-bond acceptors (Lipinski definition) is 2. The van der Waals surface area contributed by atoms with Crippen molar-refractivity contribution in [1.82, 2.24) is 0 Å². The number of halogens is 1. The highest BCUT2D eigenvalue weighted by Gasteiger charge is 2.38. The van der Waals surface area contributed by atoms with Crippen LogP contribution in [0.1, 0.15) is 29.6 Å². The number of benzene rings is 1. The molecule has 0 spiro atoms. The van der Waals surface area contributed by atoms with E-state index in [9.17, 15) is 9.59 Å². The number of amides is 1. The third-order valence-electron chi connectivity index (χ3n) is 3.61. The molecular weight excluding hydrogens is 282 g/mol. The Bertz CT molecular complexity index is 508. The first kappa shape index (κ1) is 11.0. The van der Waals surface area contributed by atoms with Gasteiger partial charge in [0.1, 0.15) is 0 Å². The molecule has 2 aliphatic rings. The maximum atomic E-state index is 11.9. The molecule has 17 heavy (non-hydrogen) atoms. The first-order valence-electron chi connectivity index (χ1n) is 5.83. The lowest BCUT2D eigenvalue weighted by atomic mass is 9.85. The van der Waals surface area contributed by atoms with E-state index >= 15 is 0 Å². The van der Waals surface area contributed by atoms with Crippen molar-refractivity contribution in [2.24, 2.45) is 5.92 Å². The SMILES string of the molecule is O=C1C(=O)N(CC2CCC2)c2c(Br)cccc21. The number of Topliss-reactive ketones (excluding diaryl/α,β-unsaturated/α-hetero) is 1. The normalized spacial score (nSPS) is 19.5. The molecule has 0 radical (unpaired) electrons. The second kappa shape index (κ2) is 3.95. The Labute approximate surface area is 108 Å². The van der Waals surface area contributed by atoms with Crippen molar-refractivity contribution in [2.75, 3.05) is 11.4 Å². The van der Waals surface area contributed by atoms with Gasteiger partial charge in [-0.1, -0.05) is 12.5 Å². The lowest BCUT2D eigenvalue weighted by Crippen LogP contribution is -2.36. The van der Waals surface area contributed by atoms with Gasteiger partial charge >= 0.3 is 0 Å². The Morgan fingerprint density at radius 1 is 1.29 bits per heavy atom. The third kappa shape index (κ3) is 1.62. The minimum Gasteiger partial charge on any atom is -0.303 e. The molecule has 0 N–H and O–H groups in total. The summed E-state index contributed by atoms with van der Waals surface area (Å²) >= 11 is 3.43. The molecule has 1 aromatic rings. The van der Waals surface area contributed by atoms with E-state index in [0.717, 1.165) is 23.0 Å². The van der Waals surface area contributed by atoms with Gasteiger partial charge in [-0.2, -0.15) is 0 Å². The molecule has 3 rings (SSSR count). The predicted molar refractivity (Wildman–Crippen MR) is 68.2 cm³/mol. The maximum Gasteiger partial charge on any atom is 0.299 e. The van der Waals surface area contributed by atoms with E-state index < -0.39 is 0 Å². The number of ketones is 1. The number of rotatable bonds is 2. The maximum absolute atomic E-state index is 11.9. The molecule has 1 saturated carbocycles. The summed E-state index contributed by atoms with van der Waals surface area (Å²) in [5.41, 5.74) is 1.29. The number of nitrogens with zero attached hydrogens (tertiary/aromatic N) is 1. The lowest BCUT2D eigenvalue weighted by Gasteiger charge is -2.30. The fourth-order valence-corrected chi connectivity index (χ4v) is 3.00. The molecule has 0 bridgehead atoms. The van der Waals surface area contributed by atoms with E-state index in [4.69, 9.17) is 0 Å². The van der Waals surface area contributed by atoms with Gasteiger partial charge in [-0.15, -0.1) is 0 Å². The number of fused-ring (bicyclic) bond motifs is 1. The highest BCUT2D eigenvalue weighted by molar-refractivity contribution is 9.10. The molecule has 1 aliphatic carbocycles. The van der Waals surface area contributed by atoms with Crippen molar-refractivity contribution in [1.29, 1.82) is 0 Å². The van der Waals surface area contributed by atoms with Crippen LogP contribution in [-0.2, 0) is 4.79 Å². The summed E-state index contributed by atoms with van der Waals surface area (Å²) in [6.45, 7) is 0.681. The summed E-state index contributed by atoms with van der Waals surface area (Å²) in [5, 5.41) is 0. The largest absolute Gasteiger partial charge is 0.303 e. The number of carbonyl (C=O) groups is 2. The zero-order valence-corrected chi connectivity index (χ0v) is 10.9. The van der Waals surface area contributed by atoms with E-state index in [1.165, 1.54) is 6.42 Å². The van der Waals surface area contributed by atoms with Gasteiger partial charge in [-0.3, -0.25) is 9.59 Å². The lowest BCUT2D eigenvalue weighted by molar-refractivity contribution is -0.114. The first-order valence-corrected chi connectivity index (χ1v) is 6.62. The molecule has 0 saturated heterocycles. The molecule has 3 nitrogen and oxygen atoms in total. The van der Waals surface area contributed by atoms with Crippen molar-refractivity contribution < 1.29 is 9.59 Å². The van der Waals surface area contributed by atoms with Crippen LogP contribution in [0.2, 0.25) is 0 Å². The number of hydrogen-bond donors (Lipinski definition) is 0. The summed E-state index contributed by atoms with van der Waals surface area (Å²) in [6.07, 6.45) is 3.57. The van der Waals surface area contributed by atoms with Crippen LogP contribution in [-0.4, -0.2) is 18.2 Å². The molecule has 1 aromatic carbocycles. The molecule has 0 atom stereocenters. The molecule has 1 fully saturated rings. The van der Waals surface area contributed by atoms with E-state index in [1.54, 1.807) is 17.0 Å². The smallest absolute Gasteiger partial charge is 0.299 e. The quantitative estimate of drug-likeness (QED) is 0.787. The Hall–Kier alpha value is -1.16. The number of carbonyl (C=O) groups excluding carboxylic acids is 2. The summed E-state index contributed by atoms with van der Waals surface area (Å²) in [6, 6.07) is 5.39. The summed E-state index contributed by atoms with van der Waals surface area (Å²) in [5.74, 6) is -0.191. The number of anilines is 1. The van der Waals surface area contributed by atoms with Crippen LogP contribution in [0.3, 0.4) is 0 Å². The third-order valence-corrected chi connectivity index (χ3v) is 4.25. The van der Waals surface area contributed by atoms with Crippen molar-refractivity contribution in [3.8, 4) is 0 Å². The van der Waals surface area contributed by atoms with Crippen molar-refractivity contribution in [3.05, 3.63) is 28.2 Å². The van der Waals surface area contributed by atoms with E-state index in [1.807, 2.05) is 6.07 Å². The summed E-state index contributed by atoms with van der Waals surface area (Å²) in [7, 11) is 0. The highest BCUT2D eigenvalue weighted by atomic mass is 79.9. The molecule has 88 valence electrons. The van der Waals surface area contributed by atoms with Gasteiger partial charge in [0.2, 0.25) is 0 Å². The Morgan fingerprint density at radius 3 is 2.71 bits per heavy atom. The van der Waals surface area contributed by atoms with Crippen molar-refractivity contribution >= 4 is 33.3 Å². The molecule has 0 unspecified atom stereocenters. The molecule has 0 aromatic heterocycles. The van der Waals surface area contributed by atoms with E-state index in [0.29, 0.717) is 18.0 Å². The van der Waals surface area contributed by atoms with Crippen molar-refractivity contribution in [2.45, 2.75) is 19.3 Å². The fourth-order valence-electron chi connectivity index (χ4n) is 2.42. The zero-order chi connectivity index (χ0) is 12.0. The van der Waals surface area contributed by atoms with Gasteiger partial charge in [0.25, 0.3) is 11.7 Å².